The van der Waals surface area contributed by atoms with Crippen LogP contribution in [0.25, 0.3) is 0 Å². The van der Waals surface area contributed by atoms with Gasteiger partial charge >= 0.3 is 0 Å². The molecule has 88 valence electrons. The van der Waals surface area contributed by atoms with Crippen LogP contribution in [-0.4, -0.2) is 11.6 Å². The highest BCUT2D eigenvalue weighted by molar-refractivity contribution is 9.11. The Hall–Kier alpha value is 0.350. The highest BCUT2D eigenvalue weighted by Crippen LogP contribution is 2.36. The predicted molar refractivity (Wildman–Crippen MR) is 81.0 cm³/mol. The first-order valence-electron chi connectivity index (χ1n) is 4.48. The Morgan fingerprint density at radius 1 is 1.38 bits per heavy atom. The lowest BCUT2D eigenvalue weighted by Gasteiger charge is -2.14. The summed E-state index contributed by atoms with van der Waals surface area (Å²) in [6.07, 6.45) is 0. The van der Waals surface area contributed by atoms with Crippen molar-refractivity contribution < 1.29 is 4.74 Å². The summed E-state index contributed by atoms with van der Waals surface area (Å²) in [6, 6.07) is 3.84. The Morgan fingerprint density at radius 2 is 1.88 bits per heavy atom. The zero-order valence-corrected chi connectivity index (χ0v) is 14.0. The van der Waals surface area contributed by atoms with E-state index >= 15 is 0 Å². The van der Waals surface area contributed by atoms with Gasteiger partial charge in [0.15, 0.2) is 0 Å². The number of hydrogen-bond acceptors (Lipinski definition) is 2. The monoisotopic (exact) mass is 429 g/mol. The molecule has 0 saturated heterocycles. The average molecular weight is 432 g/mol. The third kappa shape index (κ3) is 3.98. The minimum atomic E-state index is 0.0532. The summed E-state index contributed by atoms with van der Waals surface area (Å²) in [6.45, 7) is 2.40. The third-order valence-electron chi connectivity index (χ3n) is 1.93. The molecule has 0 bridgehead atoms. The largest absolute Gasteiger partial charge is 0.490 e. The molecule has 1 aromatic rings. The zero-order chi connectivity index (χ0) is 12.3. The first kappa shape index (κ1) is 14.4. The van der Waals surface area contributed by atoms with E-state index in [-0.39, 0.29) is 5.92 Å². The van der Waals surface area contributed by atoms with E-state index in [1.807, 2.05) is 19.1 Å². The van der Waals surface area contributed by atoms with Gasteiger partial charge in [0.25, 0.3) is 0 Å². The molecule has 1 aromatic carbocycles. The summed E-state index contributed by atoms with van der Waals surface area (Å²) >= 11 is 15.2. The molecule has 0 radical (unpaired) electrons. The minimum Gasteiger partial charge on any atom is -0.490 e. The second-order valence-electron chi connectivity index (χ2n) is 3.31. The highest BCUT2D eigenvalue weighted by Gasteiger charge is 2.11. The smallest absolute Gasteiger partial charge is 0.147 e. The van der Waals surface area contributed by atoms with E-state index in [1.54, 1.807) is 0 Å². The van der Waals surface area contributed by atoms with E-state index in [0.717, 1.165) is 19.2 Å². The van der Waals surface area contributed by atoms with Crippen molar-refractivity contribution in [2.24, 2.45) is 11.7 Å². The van der Waals surface area contributed by atoms with Crippen LogP contribution >= 0.6 is 60.0 Å². The molecule has 0 saturated carbocycles. The van der Waals surface area contributed by atoms with Gasteiger partial charge in [-0.2, -0.15) is 0 Å². The number of thiocarbonyl (C=S) groups is 1. The Morgan fingerprint density at radius 3 is 2.31 bits per heavy atom. The standard InChI is InChI=1S/C10H10Br3NOS/c1-5(10(14)16)4-15-9-7(12)2-6(11)3-8(9)13/h2-3,5H,4H2,1H3,(H2,14,16). The van der Waals surface area contributed by atoms with Crippen LogP contribution in [-0.2, 0) is 0 Å². The summed E-state index contributed by atoms with van der Waals surface area (Å²) in [5, 5.41) is 0. The van der Waals surface area contributed by atoms with Gasteiger partial charge < -0.3 is 10.5 Å². The number of ether oxygens (including phenoxy) is 1. The van der Waals surface area contributed by atoms with E-state index in [1.165, 1.54) is 0 Å². The number of halogens is 3. The SMILES string of the molecule is CC(COc1c(Br)cc(Br)cc1Br)C(N)=S. The normalized spacial score (nSPS) is 12.2. The molecule has 0 aliphatic rings. The molecular formula is C10H10Br3NOS. The van der Waals surface area contributed by atoms with Gasteiger partial charge in [0.1, 0.15) is 5.75 Å². The maximum Gasteiger partial charge on any atom is 0.147 e. The average Bonchev–Trinajstić information content (AvgIpc) is 2.15. The Kier molecular flexibility index (Phi) is 5.70. The molecule has 0 aliphatic carbocycles. The lowest BCUT2D eigenvalue weighted by molar-refractivity contribution is 0.290. The van der Waals surface area contributed by atoms with E-state index in [9.17, 15) is 0 Å². The summed E-state index contributed by atoms with van der Waals surface area (Å²) in [5.41, 5.74) is 5.52. The molecule has 1 atom stereocenters. The van der Waals surface area contributed by atoms with Gasteiger partial charge in [0, 0.05) is 10.4 Å². The lowest BCUT2D eigenvalue weighted by Crippen LogP contribution is -2.24. The number of benzene rings is 1. The molecule has 16 heavy (non-hydrogen) atoms. The van der Waals surface area contributed by atoms with Crippen LogP contribution in [0.3, 0.4) is 0 Å². The van der Waals surface area contributed by atoms with E-state index in [2.05, 4.69) is 47.8 Å². The van der Waals surface area contributed by atoms with Crippen LogP contribution in [0.15, 0.2) is 25.6 Å². The number of hydrogen-bond donors (Lipinski definition) is 1. The topological polar surface area (TPSA) is 35.2 Å². The van der Waals surface area contributed by atoms with E-state index < -0.39 is 0 Å². The first-order valence-corrected chi connectivity index (χ1v) is 7.27. The van der Waals surface area contributed by atoms with Crippen molar-refractivity contribution >= 4 is 65.0 Å². The molecule has 1 rings (SSSR count). The molecule has 0 aromatic heterocycles. The van der Waals surface area contributed by atoms with Gasteiger partial charge in [-0.3, -0.25) is 0 Å². The van der Waals surface area contributed by atoms with Crippen LogP contribution in [0.5, 0.6) is 5.75 Å². The molecule has 0 spiro atoms. The van der Waals surface area contributed by atoms with Gasteiger partial charge in [-0.15, -0.1) is 0 Å². The summed E-state index contributed by atoms with van der Waals surface area (Å²) in [5.74, 6) is 0.809. The lowest BCUT2D eigenvalue weighted by atomic mass is 10.2. The molecule has 0 heterocycles. The third-order valence-corrected chi connectivity index (χ3v) is 3.96. The van der Waals surface area contributed by atoms with E-state index in [0.29, 0.717) is 11.6 Å². The predicted octanol–water partition coefficient (Wildman–Crippen LogP) is 4.28. The van der Waals surface area contributed by atoms with E-state index in [4.69, 9.17) is 22.7 Å². The molecule has 0 aliphatic heterocycles. The minimum absolute atomic E-state index is 0.0532. The molecule has 2 nitrogen and oxygen atoms in total. The van der Waals surface area contributed by atoms with Gasteiger partial charge in [-0.05, 0) is 44.0 Å². The zero-order valence-electron chi connectivity index (χ0n) is 8.47. The fraction of sp³-hybridized carbons (Fsp3) is 0.300. The summed E-state index contributed by atoms with van der Waals surface area (Å²) in [7, 11) is 0. The van der Waals surface area contributed by atoms with Crippen molar-refractivity contribution in [1.82, 2.24) is 0 Å². The van der Waals surface area contributed by atoms with Crippen molar-refractivity contribution in [3.05, 3.63) is 25.6 Å². The maximum absolute atomic E-state index is 5.66. The van der Waals surface area contributed by atoms with Gasteiger partial charge in [0.05, 0.1) is 20.5 Å². The second-order valence-corrected chi connectivity index (χ2v) is 6.41. The fourth-order valence-corrected chi connectivity index (χ4v) is 3.51. The van der Waals surface area contributed by atoms with Crippen molar-refractivity contribution in [3.8, 4) is 5.75 Å². The van der Waals surface area contributed by atoms with Crippen molar-refractivity contribution in [1.29, 1.82) is 0 Å². The van der Waals surface area contributed by atoms with Crippen LogP contribution in [0, 0.1) is 5.92 Å². The second kappa shape index (κ2) is 6.33. The summed E-state index contributed by atoms with van der Waals surface area (Å²) < 4.78 is 8.39. The number of nitrogens with two attached hydrogens (primary N) is 1. The fourth-order valence-electron chi connectivity index (χ4n) is 0.957. The summed E-state index contributed by atoms with van der Waals surface area (Å²) in [4.78, 5) is 0.462. The molecule has 6 heteroatoms. The molecule has 0 fully saturated rings. The molecule has 2 N–H and O–H groups in total. The quantitative estimate of drug-likeness (QED) is 0.723. The Labute approximate surface area is 125 Å². The van der Waals surface area contributed by atoms with Gasteiger partial charge in [0.2, 0.25) is 0 Å². The van der Waals surface area contributed by atoms with Crippen LogP contribution < -0.4 is 10.5 Å². The first-order chi connectivity index (χ1) is 7.41. The van der Waals surface area contributed by atoms with Crippen molar-refractivity contribution in [2.45, 2.75) is 6.92 Å². The number of rotatable bonds is 4. The molecule has 1 unspecified atom stereocenters. The highest BCUT2D eigenvalue weighted by atomic mass is 79.9. The van der Waals surface area contributed by atoms with Crippen LogP contribution in [0.4, 0.5) is 0 Å². The van der Waals surface area contributed by atoms with Crippen LogP contribution in [0.1, 0.15) is 6.92 Å². The Bertz CT molecular complexity index is 388. The van der Waals surface area contributed by atoms with Crippen molar-refractivity contribution in [3.63, 3.8) is 0 Å². The Balaban J connectivity index is 2.78. The van der Waals surface area contributed by atoms with Crippen LogP contribution in [0.2, 0.25) is 0 Å². The maximum atomic E-state index is 5.66. The van der Waals surface area contributed by atoms with Gasteiger partial charge in [-0.25, -0.2) is 0 Å². The molecule has 0 amide bonds. The molecular weight excluding hydrogens is 422 g/mol. The van der Waals surface area contributed by atoms with Gasteiger partial charge in [-0.1, -0.05) is 35.1 Å². The van der Waals surface area contributed by atoms with Crippen molar-refractivity contribution in [2.75, 3.05) is 6.61 Å².